The number of anilines is 1. The number of ether oxygens (including phenoxy) is 1. The van der Waals surface area contributed by atoms with Gasteiger partial charge in [0.15, 0.2) is 0 Å². The number of sulfonamides is 1. The Morgan fingerprint density at radius 2 is 1.69 bits per heavy atom. The van der Waals surface area contributed by atoms with Gasteiger partial charge < -0.3 is 15.0 Å². The molecule has 0 aliphatic carbocycles. The number of rotatable bonds is 15. The Labute approximate surface area is 254 Å². The summed E-state index contributed by atoms with van der Waals surface area (Å²) in [5.74, 6) is 0.0104. The van der Waals surface area contributed by atoms with Crippen molar-refractivity contribution in [2.45, 2.75) is 58.2 Å². The van der Waals surface area contributed by atoms with Gasteiger partial charge >= 0.3 is 0 Å². The summed E-state index contributed by atoms with van der Waals surface area (Å²) in [6.45, 7) is 4.13. The number of hydrogen-bond acceptors (Lipinski definition) is 5. The smallest absolute Gasteiger partial charge is 0.243 e. The fourth-order valence-corrected chi connectivity index (χ4v) is 5.73. The topological polar surface area (TPSA) is 96.0 Å². The largest absolute Gasteiger partial charge is 0.497 e. The third kappa shape index (κ3) is 9.49. The fraction of sp³-hybridized carbons (Fsp3) is 0.375. The quantitative estimate of drug-likeness (QED) is 0.246. The average molecular weight is 614 g/mol. The highest BCUT2D eigenvalue weighted by molar-refractivity contribution is 7.92. The first kappa shape index (κ1) is 32.9. The van der Waals surface area contributed by atoms with Gasteiger partial charge in [-0.25, -0.2) is 8.42 Å². The molecular weight excluding hydrogens is 574 g/mol. The third-order valence-electron chi connectivity index (χ3n) is 7.06. The highest BCUT2D eigenvalue weighted by atomic mass is 35.5. The van der Waals surface area contributed by atoms with Crippen LogP contribution in [-0.4, -0.2) is 57.1 Å². The summed E-state index contributed by atoms with van der Waals surface area (Å²) in [6, 6.07) is 22.7. The fourth-order valence-electron chi connectivity index (χ4n) is 4.57. The maximum Gasteiger partial charge on any atom is 0.243 e. The van der Waals surface area contributed by atoms with Crippen molar-refractivity contribution in [2.75, 3.05) is 24.2 Å². The summed E-state index contributed by atoms with van der Waals surface area (Å²) >= 11 is 6.49. The van der Waals surface area contributed by atoms with E-state index in [1.807, 2.05) is 62.4 Å². The summed E-state index contributed by atoms with van der Waals surface area (Å²) in [7, 11) is -2.12. The molecule has 2 amide bonds. The molecule has 0 spiro atoms. The Kier molecular flexibility index (Phi) is 12.2. The molecule has 0 radical (unpaired) electrons. The first-order valence-electron chi connectivity index (χ1n) is 14.0. The van der Waals surface area contributed by atoms with Gasteiger partial charge in [-0.05, 0) is 49.1 Å². The molecule has 0 aliphatic rings. The maximum atomic E-state index is 13.9. The van der Waals surface area contributed by atoms with E-state index in [4.69, 9.17) is 16.3 Å². The van der Waals surface area contributed by atoms with Gasteiger partial charge in [0.05, 0.1) is 19.1 Å². The lowest BCUT2D eigenvalue weighted by Crippen LogP contribution is -2.52. The molecule has 8 nitrogen and oxygen atoms in total. The molecule has 3 rings (SSSR count). The molecule has 0 aliphatic heterocycles. The van der Waals surface area contributed by atoms with Crippen LogP contribution in [0.3, 0.4) is 0 Å². The first-order valence-corrected chi connectivity index (χ1v) is 16.2. The van der Waals surface area contributed by atoms with Crippen molar-refractivity contribution < 1.29 is 22.7 Å². The molecule has 0 aromatic heterocycles. The van der Waals surface area contributed by atoms with Crippen LogP contribution >= 0.6 is 11.6 Å². The van der Waals surface area contributed by atoms with Gasteiger partial charge in [0.1, 0.15) is 11.8 Å². The van der Waals surface area contributed by atoms with E-state index < -0.39 is 16.1 Å². The van der Waals surface area contributed by atoms with Crippen LogP contribution < -0.4 is 14.4 Å². The molecule has 0 fully saturated rings. The van der Waals surface area contributed by atoms with Gasteiger partial charge in [-0.3, -0.25) is 13.9 Å². The van der Waals surface area contributed by atoms with E-state index in [9.17, 15) is 18.0 Å². The Bertz CT molecular complexity index is 1430. The number of methoxy groups -OCH3 is 1. The number of hydrogen-bond donors (Lipinski definition) is 1. The molecule has 2 atom stereocenters. The zero-order valence-electron chi connectivity index (χ0n) is 24.6. The van der Waals surface area contributed by atoms with Crippen LogP contribution in [0.5, 0.6) is 5.75 Å². The summed E-state index contributed by atoms with van der Waals surface area (Å²) in [6.07, 6.45) is 2.47. The van der Waals surface area contributed by atoms with Crippen LogP contribution in [-0.2, 0) is 32.6 Å². The number of benzene rings is 3. The summed E-state index contributed by atoms with van der Waals surface area (Å²) < 4.78 is 31.9. The van der Waals surface area contributed by atoms with Crippen molar-refractivity contribution in [3.05, 3.63) is 95.0 Å². The molecule has 1 N–H and O–H groups in total. The van der Waals surface area contributed by atoms with Crippen LogP contribution in [0.25, 0.3) is 0 Å². The highest BCUT2D eigenvalue weighted by Gasteiger charge is 2.31. The van der Waals surface area contributed by atoms with Gasteiger partial charge in [-0.1, -0.05) is 73.1 Å². The lowest BCUT2D eigenvalue weighted by molar-refractivity contribution is -0.141. The first-order chi connectivity index (χ1) is 20.0. The number of amides is 2. The predicted molar refractivity (Wildman–Crippen MR) is 168 cm³/mol. The van der Waals surface area contributed by atoms with Crippen LogP contribution in [0, 0.1) is 0 Å². The lowest BCUT2D eigenvalue weighted by atomic mass is 10.0. The number of carbonyl (C=O) groups is 2. The van der Waals surface area contributed by atoms with E-state index in [1.165, 1.54) is 11.4 Å². The number of halogens is 1. The van der Waals surface area contributed by atoms with E-state index in [0.29, 0.717) is 22.9 Å². The number of carbonyl (C=O) groups excluding carboxylic acids is 2. The monoisotopic (exact) mass is 613 g/mol. The minimum absolute atomic E-state index is 0.0301. The number of nitrogens with zero attached hydrogens (tertiary/aromatic N) is 2. The zero-order chi connectivity index (χ0) is 30.7. The van der Waals surface area contributed by atoms with E-state index in [1.54, 1.807) is 35.2 Å². The molecule has 0 heterocycles. The normalized spacial score (nSPS) is 12.7. The molecule has 3 aromatic carbocycles. The van der Waals surface area contributed by atoms with Crippen LogP contribution in [0.4, 0.5) is 5.69 Å². The van der Waals surface area contributed by atoms with Crippen LogP contribution in [0.2, 0.25) is 5.02 Å². The molecule has 42 heavy (non-hydrogen) atoms. The van der Waals surface area contributed by atoms with E-state index >= 15 is 0 Å². The van der Waals surface area contributed by atoms with E-state index in [0.717, 1.165) is 23.8 Å². The number of nitrogens with one attached hydrogen (secondary N) is 1. The van der Waals surface area contributed by atoms with Gasteiger partial charge in [0.25, 0.3) is 0 Å². The molecule has 0 bridgehead atoms. The summed E-state index contributed by atoms with van der Waals surface area (Å²) in [5, 5.41) is 3.54. The Morgan fingerprint density at radius 3 is 2.33 bits per heavy atom. The molecule has 0 saturated carbocycles. The van der Waals surface area contributed by atoms with Gasteiger partial charge in [-0.15, -0.1) is 0 Å². The molecule has 10 heteroatoms. The lowest BCUT2D eigenvalue weighted by Gasteiger charge is -2.33. The van der Waals surface area contributed by atoms with E-state index in [2.05, 4.69) is 5.32 Å². The Balaban J connectivity index is 1.90. The Morgan fingerprint density at radius 1 is 1.00 bits per heavy atom. The SMILES string of the molecule is CC[C@@H](C)NC(=O)[C@@H](Cc1ccccc1)N(Cc1ccccc1Cl)C(=O)CCCN(c1cccc(OC)c1)S(C)(=O)=O. The molecule has 226 valence electrons. The predicted octanol–water partition coefficient (Wildman–Crippen LogP) is 5.45. The zero-order valence-corrected chi connectivity index (χ0v) is 26.2. The second kappa shape index (κ2) is 15.6. The van der Waals surface area contributed by atoms with E-state index in [-0.39, 0.29) is 43.8 Å². The second-order valence-electron chi connectivity index (χ2n) is 10.3. The van der Waals surface area contributed by atoms with Crippen molar-refractivity contribution in [1.82, 2.24) is 10.2 Å². The van der Waals surface area contributed by atoms with Gasteiger partial charge in [-0.2, -0.15) is 0 Å². The van der Waals surface area contributed by atoms with Gasteiger partial charge in [0, 0.05) is 43.1 Å². The van der Waals surface area contributed by atoms with Crippen LogP contribution in [0.15, 0.2) is 78.9 Å². The molecular formula is C32H40ClN3O5S. The minimum atomic E-state index is -3.63. The maximum absolute atomic E-state index is 13.9. The summed E-state index contributed by atoms with van der Waals surface area (Å²) in [5.41, 5.74) is 2.09. The van der Waals surface area contributed by atoms with Crippen molar-refractivity contribution in [3.63, 3.8) is 0 Å². The Hall–Kier alpha value is -3.56. The highest BCUT2D eigenvalue weighted by Crippen LogP contribution is 2.25. The van der Waals surface area contributed by atoms with Crippen molar-refractivity contribution in [2.24, 2.45) is 0 Å². The molecule has 0 unspecified atom stereocenters. The van der Waals surface area contributed by atoms with Crippen molar-refractivity contribution >= 4 is 39.1 Å². The van der Waals surface area contributed by atoms with Gasteiger partial charge in [0.2, 0.25) is 21.8 Å². The summed E-state index contributed by atoms with van der Waals surface area (Å²) in [4.78, 5) is 29.2. The standard InChI is InChI=1S/C32H40ClN3O5S/c1-5-24(2)34-32(38)30(21-25-13-7-6-8-14-25)35(23-26-15-9-10-18-29(26)33)31(37)19-12-20-36(42(4,39)40)27-16-11-17-28(22-27)41-3/h6-11,13-18,22,24,30H,5,12,19-21,23H2,1-4H3,(H,34,38)/t24-,30-/m1/s1. The molecule has 0 saturated heterocycles. The van der Waals surface area contributed by atoms with Crippen LogP contribution in [0.1, 0.15) is 44.2 Å². The van der Waals surface area contributed by atoms with Crippen molar-refractivity contribution in [3.8, 4) is 5.75 Å². The van der Waals surface area contributed by atoms with Crippen molar-refractivity contribution in [1.29, 1.82) is 0 Å². The second-order valence-corrected chi connectivity index (χ2v) is 12.6. The molecule has 3 aromatic rings. The average Bonchev–Trinajstić information content (AvgIpc) is 2.97. The minimum Gasteiger partial charge on any atom is -0.497 e. The third-order valence-corrected chi connectivity index (χ3v) is 8.63.